The lowest BCUT2D eigenvalue weighted by molar-refractivity contribution is -0.149. The lowest BCUT2D eigenvalue weighted by Crippen LogP contribution is -2.21. The highest BCUT2D eigenvalue weighted by atomic mass is 16.5. The van der Waals surface area contributed by atoms with E-state index in [1.165, 1.54) is 14.2 Å². The Bertz CT molecular complexity index is 508. The van der Waals surface area contributed by atoms with Gasteiger partial charge in [-0.2, -0.15) is 0 Å². The second-order valence-electron chi connectivity index (χ2n) is 4.21. The zero-order valence-electron chi connectivity index (χ0n) is 11.3. The second kappa shape index (κ2) is 7.28. The molecule has 0 amide bonds. The van der Waals surface area contributed by atoms with E-state index in [9.17, 15) is 14.4 Å². The standard InChI is InChI=1S/C14H16O6/c1-19-12(15)8-11(13(16)17)7-9-4-3-5-10(6-9)14(18)20-2/h3-6,11H,7-8H2,1-2H3,(H,16,17). The van der Waals surface area contributed by atoms with Crippen molar-refractivity contribution in [1.29, 1.82) is 0 Å². The molecule has 0 saturated heterocycles. The van der Waals surface area contributed by atoms with Crippen molar-refractivity contribution in [2.24, 2.45) is 5.92 Å². The van der Waals surface area contributed by atoms with E-state index in [-0.39, 0.29) is 12.8 Å². The molecule has 1 aromatic carbocycles. The Morgan fingerprint density at radius 2 is 1.90 bits per heavy atom. The Labute approximate surface area is 116 Å². The number of carbonyl (C=O) groups is 3. The Hall–Kier alpha value is -2.37. The molecule has 108 valence electrons. The number of methoxy groups -OCH3 is 2. The van der Waals surface area contributed by atoms with Gasteiger partial charge in [-0.15, -0.1) is 0 Å². The van der Waals surface area contributed by atoms with Gasteiger partial charge in [0.05, 0.1) is 32.1 Å². The van der Waals surface area contributed by atoms with Crippen molar-refractivity contribution < 1.29 is 29.0 Å². The molecule has 1 rings (SSSR count). The van der Waals surface area contributed by atoms with E-state index in [4.69, 9.17) is 5.11 Å². The molecule has 0 bridgehead atoms. The van der Waals surface area contributed by atoms with Crippen LogP contribution in [0.5, 0.6) is 0 Å². The normalized spacial score (nSPS) is 11.5. The summed E-state index contributed by atoms with van der Waals surface area (Å²) in [5.41, 5.74) is 0.983. The highest BCUT2D eigenvalue weighted by Gasteiger charge is 2.22. The van der Waals surface area contributed by atoms with Gasteiger partial charge in [-0.05, 0) is 24.1 Å². The molecule has 6 heteroatoms. The van der Waals surface area contributed by atoms with Gasteiger partial charge in [-0.1, -0.05) is 12.1 Å². The van der Waals surface area contributed by atoms with Gasteiger partial charge in [0.1, 0.15) is 0 Å². The summed E-state index contributed by atoms with van der Waals surface area (Å²) in [6.45, 7) is 0. The fourth-order valence-electron chi connectivity index (χ4n) is 1.76. The average Bonchev–Trinajstić information content (AvgIpc) is 2.45. The number of carbonyl (C=O) groups excluding carboxylic acids is 2. The molecule has 1 aromatic rings. The van der Waals surface area contributed by atoms with Crippen LogP contribution in [0.3, 0.4) is 0 Å². The lowest BCUT2D eigenvalue weighted by Gasteiger charge is -2.11. The molecule has 0 fully saturated rings. The maximum Gasteiger partial charge on any atom is 0.337 e. The van der Waals surface area contributed by atoms with Gasteiger partial charge in [0.25, 0.3) is 0 Å². The van der Waals surface area contributed by atoms with Crippen LogP contribution < -0.4 is 0 Å². The molecule has 1 atom stereocenters. The summed E-state index contributed by atoms with van der Waals surface area (Å²) in [7, 11) is 2.48. The second-order valence-corrected chi connectivity index (χ2v) is 4.21. The van der Waals surface area contributed by atoms with E-state index in [0.717, 1.165) is 0 Å². The van der Waals surface area contributed by atoms with E-state index in [1.54, 1.807) is 24.3 Å². The number of carboxylic acids is 1. The molecular weight excluding hydrogens is 264 g/mol. The molecule has 0 radical (unpaired) electrons. The lowest BCUT2D eigenvalue weighted by atomic mass is 9.95. The van der Waals surface area contributed by atoms with Crippen LogP contribution in [0.2, 0.25) is 0 Å². The quantitative estimate of drug-likeness (QED) is 0.789. The Balaban J connectivity index is 2.86. The maximum absolute atomic E-state index is 11.4. The summed E-state index contributed by atoms with van der Waals surface area (Å²) < 4.78 is 9.07. The van der Waals surface area contributed by atoms with Crippen molar-refractivity contribution in [3.05, 3.63) is 35.4 Å². The topological polar surface area (TPSA) is 89.9 Å². The van der Waals surface area contributed by atoms with Crippen LogP contribution in [0.25, 0.3) is 0 Å². The molecule has 0 aliphatic carbocycles. The zero-order chi connectivity index (χ0) is 15.1. The van der Waals surface area contributed by atoms with Crippen molar-refractivity contribution in [2.45, 2.75) is 12.8 Å². The third kappa shape index (κ3) is 4.38. The summed E-state index contributed by atoms with van der Waals surface area (Å²) in [4.78, 5) is 33.7. The third-order valence-corrected chi connectivity index (χ3v) is 2.82. The predicted molar refractivity (Wildman–Crippen MR) is 69.2 cm³/mol. The minimum Gasteiger partial charge on any atom is -0.481 e. The number of aliphatic carboxylic acids is 1. The Morgan fingerprint density at radius 3 is 2.45 bits per heavy atom. The fourth-order valence-corrected chi connectivity index (χ4v) is 1.76. The van der Waals surface area contributed by atoms with Crippen molar-refractivity contribution in [1.82, 2.24) is 0 Å². The molecule has 0 spiro atoms. The molecule has 0 aliphatic rings. The van der Waals surface area contributed by atoms with Crippen LogP contribution in [-0.4, -0.2) is 37.2 Å². The molecule has 1 unspecified atom stereocenters. The summed E-state index contributed by atoms with van der Waals surface area (Å²) >= 11 is 0. The maximum atomic E-state index is 11.4. The van der Waals surface area contributed by atoms with E-state index < -0.39 is 23.8 Å². The molecule has 0 heterocycles. The highest BCUT2D eigenvalue weighted by Crippen LogP contribution is 2.15. The van der Waals surface area contributed by atoms with Crippen LogP contribution in [0.1, 0.15) is 22.3 Å². The predicted octanol–water partition coefficient (Wildman–Crippen LogP) is 1.28. The van der Waals surface area contributed by atoms with Gasteiger partial charge in [-0.25, -0.2) is 4.79 Å². The fraction of sp³-hybridized carbons (Fsp3) is 0.357. The smallest absolute Gasteiger partial charge is 0.337 e. The first-order valence-corrected chi connectivity index (χ1v) is 5.94. The first-order valence-electron chi connectivity index (χ1n) is 5.94. The molecule has 0 aliphatic heterocycles. The van der Waals surface area contributed by atoms with E-state index in [2.05, 4.69) is 9.47 Å². The highest BCUT2D eigenvalue weighted by molar-refractivity contribution is 5.89. The minimum atomic E-state index is -1.08. The number of hydrogen-bond donors (Lipinski definition) is 1. The Morgan fingerprint density at radius 1 is 1.20 bits per heavy atom. The van der Waals surface area contributed by atoms with E-state index in [0.29, 0.717) is 11.1 Å². The number of rotatable bonds is 6. The molecule has 20 heavy (non-hydrogen) atoms. The van der Waals surface area contributed by atoms with Crippen LogP contribution in [-0.2, 0) is 25.5 Å². The van der Waals surface area contributed by atoms with E-state index >= 15 is 0 Å². The molecule has 0 saturated carbocycles. The van der Waals surface area contributed by atoms with Crippen LogP contribution in [0, 0.1) is 5.92 Å². The minimum absolute atomic E-state index is 0.134. The van der Waals surface area contributed by atoms with Gasteiger partial charge in [0.2, 0.25) is 0 Å². The largest absolute Gasteiger partial charge is 0.481 e. The number of carboxylic acid groups (broad SMARTS) is 1. The summed E-state index contributed by atoms with van der Waals surface area (Å²) in [5.74, 6) is -3.05. The molecule has 0 aromatic heterocycles. The van der Waals surface area contributed by atoms with Crippen molar-refractivity contribution in [3.8, 4) is 0 Å². The van der Waals surface area contributed by atoms with E-state index in [1.807, 2.05) is 0 Å². The van der Waals surface area contributed by atoms with Gasteiger partial charge in [0, 0.05) is 0 Å². The average molecular weight is 280 g/mol. The van der Waals surface area contributed by atoms with Crippen LogP contribution in [0.15, 0.2) is 24.3 Å². The zero-order valence-corrected chi connectivity index (χ0v) is 11.3. The Kier molecular flexibility index (Phi) is 5.71. The molecular formula is C14H16O6. The van der Waals surface area contributed by atoms with Gasteiger partial charge >= 0.3 is 17.9 Å². The third-order valence-electron chi connectivity index (χ3n) is 2.82. The van der Waals surface area contributed by atoms with Crippen LogP contribution in [0.4, 0.5) is 0 Å². The first-order chi connectivity index (χ1) is 9.47. The van der Waals surface area contributed by atoms with Crippen molar-refractivity contribution >= 4 is 17.9 Å². The van der Waals surface area contributed by atoms with Gasteiger partial charge in [0.15, 0.2) is 0 Å². The van der Waals surface area contributed by atoms with Crippen molar-refractivity contribution in [2.75, 3.05) is 14.2 Å². The number of benzene rings is 1. The number of ether oxygens (including phenoxy) is 2. The van der Waals surface area contributed by atoms with Crippen LogP contribution >= 0.6 is 0 Å². The summed E-state index contributed by atoms with van der Waals surface area (Å²) in [5, 5.41) is 9.10. The number of hydrogen-bond acceptors (Lipinski definition) is 5. The summed E-state index contributed by atoms with van der Waals surface area (Å²) in [6.07, 6.45) is -0.0798. The SMILES string of the molecule is COC(=O)CC(Cc1cccc(C(=O)OC)c1)C(=O)O. The molecule has 1 N–H and O–H groups in total. The first kappa shape index (κ1) is 15.7. The monoisotopic (exact) mass is 280 g/mol. The van der Waals surface area contributed by atoms with Gasteiger partial charge < -0.3 is 14.6 Å². The number of esters is 2. The molecule has 6 nitrogen and oxygen atoms in total. The summed E-state index contributed by atoms with van der Waals surface area (Å²) in [6, 6.07) is 6.46. The van der Waals surface area contributed by atoms with Crippen molar-refractivity contribution in [3.63, 3.8) is 0 Å². The van der Waals surface area contributed by atoms with Gasteiger partial charge in [-0.3, -0.25) is 9.59 Å².